The molecule has 0 N–H and O–H groups in total. The zero-order valence-electron chi connectivity index (χ0n) is 13.7. The van der Waals surface area contributed by atoms with Crippen molar-refractivity contribution in [1.82, 2.24) is 14.9 Å². The number of piperidine rings is 1. The van der Waals surface area contributed by atoms with E-state index in [1.165, 1.54) is 4.88 Å². The van der Waals surface area contributed by atoms with Crippen molar-refractivity contribution in [3.63, 3.8) is 0 Å². The third kappa shape index (κ3) is 4.00. The van der Waals surface area contributed by atoms with Gasteiger partial charge in [-0.05, 0) is 30.4 Å². The van der Waals surface area contributed by atoms with Crippen LogP contribution in [0.15, 0.2) is 48.6 Å². The molecule has 126 valence electrons. The molecule has 1 aliphatic heterocycles. The van der Waals surface area contributed by atoms with Gasteiger partial charge >= 0.3 is 0 Å². The number of rotatable bonds is 6. The van der Waals surface area contributed by atoms with Gasteiger partial charge in [0.15, 0.2) is 0 Å². The molecular formula is C18H22N4OS. The van der Waals surface area contributed by atoms with Gasteiger partial charge in [-0.2, -0.15) is 0 Å². The van der Waals surface area contributed by atoms with E-state index in [9.17, 15) is 4.79 Å². The van der Waals surface area contributed by atoms with Crippen LogP contribution in [0.4, 0.5) is 5.95 Å². The van der Waals surface area contributed by atoms with Crippen LogP contribution in [0, 0.1) is 5.92 Å². The summed E-state index contributed by atoms with van der Waals surface area (Å²) < 4.78 is 0. The molecule has 3 heterocycles. The minimum Gasteiger partial charge on any atom is -0.340 e. The molecule has 1 unspecified atom stereocenters. The third-order valence-corrected chi connectivity index (χ3v) is 5.05. The molecule has 1 fully saturated rings. The second-order valence-corrected chi connectivity index (χ2v) is 6.95. The van der Waals surface area contributed by atoms with E-state index in [2.05, 4.69) is 27.5 Å². The Morgan fingerprint density at radius 1 is 1.42 bits per heavy atom. The van der Waals surface area contributed by atoms with E-state index in [0.29, 0.717) is 25.6 Å². The standard InChI is InChI=1S/C18H22N4OS/c1-2-10-21(14-16-7-4-12-24-16)17(23)15-6-3-11-22(13-15)18-19-8-5-9-20-18/h2,4-5,7-9,12,15H,1,3,6,10-11,13-14H2. The Labute approximate surface area is 146 Å². The minimum atomic E-state index is -0.0116. The highest BCUT2D eigenvalue weighted by Gasteiger charge is 2.30. The van der Waals surface area contributed by atoms with E-state index in [1.807, 2.05) is 22.4 Å². The van der Waals surface area contributed by atoms with E-state index >= 15 is 0 Å². The van der Waals surface area contributed by atoms with E-state index in [-0.39, 0.29) is 11.8 Å². The van der Waals surface area contributed by atoms with Crippen LogP contribution in [-0.4, -0.2) is 40.4 Å². The Kier molecular flexibility index (Phi) is 5.59. The van der Waals surface area contributed by atoms with Crippen LogP contribution in [0.25, 0.3) is 0 Å². The molecule has 24 heavy (non-hydrogen) atoms. The van der Waals surface area contributed by atoms with Gasteiger partial charge in [-0.15, -0.1) is 17.9 Å². The Balaban J connectivity index is 1.68. The van der Waals surface area contributed by atoms with Crippen molar-refractivity contribution in [2.45, 2.75) is 19.4 Å². The van der Waals surface area contributed by atoms with Crippen molar-refractivity contribution < 1.29 is 4.79 Å². The molecule has 0 aromatic carbocycles. The van der Waals surface area contributed by atoms with Crippen LogP contribution < -0.4 is 4.90 Å². The lowest BCUT2D eigenvalue weighted by Gasteiger charge is -2.34. The van der Waals surface area contributed by atoms with Crippen molar-refractivity contribution >= 4 is 23.2 Å². The number of thiophene rings is 1. The second kappa shape index (κ2) is 8.06. The van der Waals surface area contributed by atoms with E-state index in [0.717, 1.165) is 19.4 Å². The lowest BCUT2D eigenvalue weighted by Crippen LogP contribution is -2.45. The molecule has 1 aliphatic rings. The highest BCUT2D eigenvalue weighted by molar-refractivity contribution is 7.09. The third-order valence-electron chi connectivity index (χ3n) is 4.19. The molecule has 0 aliphatic carbocycles. The van der Waals surface area contributed by atoms with Gasteiger partial charge < -0.3 is 9.80 Å². The summed E-state index contributed by atoms with van der Waals surface area (Å²) in [6.45, 7) is 6.62. The van der Waals surface area contributed by atoms with E-state index in [1.54, 1.807) is 29.8 Å². The van der Waals surface area contributed by atoms with Crippen LogP contribution in [0.5, 0.6) is 0 Å². The van der Waals surface area contributed by atoms with Gasteiger partial charge in [0.2, 0.25) is 11.9 Å². The van der Waals surface area contributed by atoms with Crippen molar-refractivity contribution in [3.05, 3.63) is 53.5 Å². The summed E-state index contributed by atoms with van der Waals surface area (Å²) in [4.78, 5) is 26.8. The van der Waals surface area contributed by atoms with Gasteiger partial charge in [0.05, 0.1) is 12.5 Å². The lowest BCUT2D eigenvalue weighted by atomic mass is 9.96. The highest BCUT2D eigenvalue weighted by atomic mass is 32.1. The maximum atomic E-state index is 13.0. The first-order valence-electron chi connectivity index (χ1n) is 8.22. The number of carbonyl (C=O) groups is 1. The Morgan fingerprint density at radius 3 is 2.96 bits per heavy atom. The van der Waals surface area contributed by atoms with Gasteiger partial charge in [-0.3, -0.25) is 4.79 Å². The van der Waals surface area contributed by atoms with Crippen LogP contribution in [0.3, 0.4) is 0 Å². The molecule has 0 spiro atoms. The topological polar surface area (TPSA) is 49.3 Å². The zero-order chi connectivity index (χ0) is 16.8. The fourth-order valence-electron chi connectivity index (χ4n) is 3.05. The summed E-state index contributed by atoms with van der Waals surface area (Å²) in [5.74, 6) is 0.898. The largest absolute Gasteiger partial charge is 0.340 e. The number of carbonyl (C=O) groups excluding carboxylic acids is 1. The molecule has 2 aromatic rings. The minimum absolute atomic E-state index is 0.0116. The molecule has 2 aromatic heterocycles. The van der Waals surface area contributed by atoms with Crippen LogP contribution in [0.1, 0.15) is 17.7 Å². The Morgan fingerprint density at radius 2 is 2.25 bits per heavy atom. The van der Waals surface area contributed by atoms with Gasteiger partial charge in [0.25, 0.3) is 0 Å². The average Bonchev–Trinajstić information content (AvgIpc) is 3.15. The van der Waals surface area contributed by atoms with Crippen molar-refractivity contribution in [1.29, 1.82) is 0 Å². The van der Waals surface area contributed by atoms with Crippen molar-refractivity contribution in [2.24, 2.45) is 5.92 Å². The maximum Gasteiger partial charge on any atom is 0.228 e. The first-order valence-corrected chi connectivity index (χ1v) is 9.10. The van der Waals surface area contributed by atoms with Gasteiger partial charge in [0, 0.05) is 36.9 Å². The van der Waals surface area contributed by atoms with Crippen LogP contribution in [-0.2, 0) is 11.3 Å². The van der Waals surface area contributed by atoms with Crippen molar-refractivity contribution in [2.75, 3.05) is 24.5 Å². The smallest absolute Gasteiger partial charge is 0.228 e. The molecule has 0 radical (unpaired) electrons. The van der Waals surface area contributed by atoms with Crippen LogP contribution >= 0.6 is 11.3 Å². The van der Waals surface area contributed by atoms with Gasteiger partial charge in [0.1, 0.15) is 0 Å². The SMILES string of the molecule is C=CCN(Cc1cccs1)C(=O)C1CCCN(c2ncccn2)C1. The Bertz CT molecular complexity index is 659. The quantitative estimate of drug-likeness (QED) is 0.757. The van der Waals surface area contributed by atoms with Gasteiger partial charge in [-0.25, -0.2) is 9.97 Å². The molecule has 1 amide bonds. The number of aromatic nitrogens is 2. The fourth-order valence-corrected chi connectivity index (χ4v) is 3.77. The summed E-state index contributed by atoms with van der Waals surface area (Å²) >= 11 is 1.68. The number of anilines is 1. The molecular weight excluding hydrogens is 320 g/mol. The van der Waals surface area contributed by atoms with Gasteiger partial charge in [-0.1, -0.05) is 12.1 Å². The average molecular weight is 342 g/mol. The first-order chi connectivity index (χ1) is 11.8. The number of hydrogen-bond acceptors (Lipinski definition) is 5. The zero-order valence-corrected chi connectivity index (χ0v) is 14.5. The van der Waals surface area contributed by atoms with E-state index in [4.69, 9.17) is 0 Å². The van der Waals surface area contributed by atoms with Crippen molar-refractivity contribution in [3.8, 4) is 0 Å². The fraction of sp³-hybridized carbons (Fsp3) is 0.389. The molecule has 5 nitrogen and oxygen atoms in total. The monoisotopic (exact) mass is 342 g/mol. The highest BCUT2D eigenvalue weighted by Crippen LogP contribution is 2.23. The maximum absolute atomic E-state index is 13.0. The summed E-state index contributed by atoms with van der Waals surface area (Å²) in [5.41, 5.74) is 0. The number of amides is 1. The van der Waals surface area contributed by atoms with Crippen LogP contribution in [0.2, 0.25) is 0 Å². The lowest BCUT2D eigenvalue weighted by molar-refractivity contribution is -0.135. The molecule has 3 rings (SSSR count). The molecule has 6 heteroatoms. The normalized spacial score (nSPS) is 17.5. The number of hydrogen-bond donors (Lipinski definition) is 0. The summed E-state index contributed by atoms with van der Waals surface area (Å²) in [6.07, 6.45) is 7.19. The summed E-state index contributed by atoms with van der Waals surface area (Å²) in [6, 6.07) is 5.90. The second-order valence-electron chi connectivity index (χ2n) is 5.92. The predicted molar refractivity (Wildman–Crippen MR) is 96.9 cm³/mol. The molecule has 0 saturated carbocycles. The molecule has 0 bridgehead atoms. The van der Waals surface area contributed by atoms with E-state index < -0.39 is 0 Å². The Hall–Kier alpha value is -2.21. The molecule has 1 saturated heterocycles. The molecule has 1 atom stereocenters. The number of nitrogens with zero attached hydrogens (tertiary/aromatic N) is 4. The predicted octanol–water partition coefficient (Wildman–Crippen LogP) is 2.97. The summed E-state index contributed by atoms with van der Waals surface area (Å²) in [7, 11) is 0. The first kappa shape index (κ1) is 16.6. The summed E-state index contributed by atoms with van der Waals surface area (Å²) in [5, 5.41) is 2.04.